The molecule has 12 heavy (non-hydrogen) atoms. The third kappa shape index (κ3) is 0.838. The first-order valence-corrected chi connectivity index (χ1v) is 5.01. The topological polar surface area (TPSA) is 20.3 Å². The third-order valence-corrected chi connectivity index (χ3v) is 3.63. The lowest BCUT2D eigenvalue weighted by Crippen LogP contribution is -2.39. The van der Waals surface area contributed by atoms with Crippen molar-refractivity contribution in [1.82, 2.24) is 4.90 Å². The Bertz CT molecular complexity index is 214. The summed E-state index contributed by atoms with van der Waals surface area (Å²) in [5.41, 5.74) is 0.274. The van der Waals surface area contributed by atoms with Crippen LogP contribution in [0.4, 0.5) is 0 Å². The fourth-order valence-electron chi connectivity index (χ4n) is 2.93. The van der Waals surface area contributed by atoms with Crippen LogP contribution in [0.5, 0.6) is 0 Å². The summed E-state index contributed by atoms with van der Waals surface area (Å²) in [5.74, 6) is 0.680. The Morgan fingerprint density at radius 1 is 1.67 bits per heavy atom. The van der Waals surface area contributed by atoms with E-state index in [1.54, 1.807) is 0 Å². The van der Waals surface area contributed by atoms with E-state index in [0.717, 1.165) is 19.4 Å². The second kappa shape index (κ2) is 2.48. The van der Waals surface area contributed by atoms with Crippen LogP contribution in [0.2, 0.25) is 0 Å². The molecule has 2 aliphatic heterocycles. The standard InChI is InChI=1S/C10H17NO/c1-3-10-5-4-6-11(10)9(12)8(2)7-10/h8H,3-7H2,1-2H3. The minimum Gasteiger partial charge on any atom is -0.337 e. The zero-order chi connectivity index (χ0) is 8.77. The maximum absolute atomic E-state index is 11.7. The number of fused-ring (bicyclic) bond motifs is 1. The Morgan fingerprint density at radius 3 is 3.00 bits per heavy atom. The molecule has 0 aliphatic carbocycles. The molecule has 2 aliphatic rings. The smallest absolute Gasteiger partial charge is 0.225 e. The van der Waals surface area contributed by atoms with Crippen LogP contribution >= 0.6 is 0 Å². The Labute approximate surface area is 73.9 Å². The third-order valence-electron chi connectivity index (χ3n) is 3.63. The van der Waals surface area contributed by atoms with Crippen LogP contribution in [0.25, 0.3) is 0 Å². The van der Waals surface area contributed by atoms with Crippen molar-refractivity contribution in [1.29, 1.82) is 0 Å². The highest BCUT2D eigenvalue weighted by Crippen LogP contribution is 2.44. The molecule has 2 unspecified atom stereocenters. The Kier molecular flexibility index (Phi) is 1.67. The predicted octanol–water partition coefficient (Wildman–Crippen LogP) is 1.80. The minimum absolute atomic E-state index is 0.274. The van der Waals surface area contributed by atoms with Crippen molar-refractivity contribution < 1.29 is 4.79 Å². The zero-order valence-electron chi connectivity index (χ0n) is 7.97. The summed E-state index contributed by atoms with van der Waals surface area (Å²) in [6.07, 6.45) is 4.69. The monoisotopic (exact) mass is 167 g/mol. The van der Waals surface area contributed by atoms with Gasteiger partial charge in [0.2, 0.25) is 5.91 Å². The van der Waals surface area contributed by atoms with Crippen molar-refractivity contribution in [3.63, 3.8) is 0 Å². The van der Waals surface area contributed by atoms with Gasteiger partial charge < -0.3 is 4.90 Å². The van der Waals surface area contributed by atoms with Crippen LogP contribution in [0, 0.1) is 5.92 Å². The summed E-state index contributed by atoms with van der Waals surface area (Å²) in [7, 11) is 0. The molecule has 2 nitrogen and oxygen atoms in total. The number of amides is 1. The highest BCUT2D eigenvalue weighted by molar-refractivity contribution is 5.82. The van der Waals surface area contributed by atoms with Gasteiger partial charge in [-0.3, -0.25) is 4.79 Å². The van der Waals surface area contributed by atoms with Crippen LogP contribution < -0.4 is 0 Å². The van der Waals surface area contributed by atoms with Gasteiger partial charge >= 0.3 is 0 Å². The molecule has 0 spiro atoms. The van der Waals surface area contributed by atoms with Crippen molar-refractivity contribution in [3.8, 4) is 0 Å². The van der Waals surface area contributed by atoms with Gasteiger partial charge in [-0.05, 0) is 25.7 Å². The number of carbonyl (C=O) groups excluding carboxylic acids is 1. The van der Waals surface area contributed by atoms with E-state index in [1.807, 2.05) is 0 Å². The highest BCUT2D eigenvalue weighted by atomic mass is 16.2. The van der Waals surface area contributed by atoms with Crippen LogP contribution in [0.1, 0.15) is 39.5 Å². The zero-order valence-corrected chi connectivity index (χ0v) is 7.97. The first-order chi connectivity index (χ1) is 5.69. The predicted molar refractivity (Wildman–Crippen MR) is 47.8 cm³/mol. The number of nitrogens with zero attached hydrogens (tertiary/aromatic N) is 1. The van der Waals surface area contributed by atoms with Gasteiger partial charge in [-0.25, -0.2) is 0 Å². The Hall–Kier alpha value is -0.530. The highest BCUT2D eigenvalue weighted by Gasteiger charge is 2.50. The van der Waals surface area contributed by atoms with E-state index in [-0.39, 0.29) is 11.5 Å². The Morgan fingerprint density at radius 2 is 2.42 bits per heavy atom. The van der Waals surface area contributed by atoms with Crippen LogP contribution in [-0.2, 0) is 4.79 Å². The summed E-state index contributed by atoms with van der Waals surface area (Å²) >= 11 is 0. The van der Waals surface area contributed by atoms with Gasteiger partial charge in [-0.2, -0.15) is 0 Å². The van der Waals surface area contributed by atoms with Gasteiger partial charge in [0, 0.05) is 18.0 Å². The summed E-state index contributed by atoms with van der Waals surface area (Å²) < 4.78 is 0. The lowest BCUT2D eigenvalue weighted by atomic mass is 9.88. The molecule has 0 aromatic carbocycles. The molecule has 2 heterocycles. The van der Waals surface area contributed by atoms with Gasteiger partial charge in [0.05, 0.1) is 0 Å². The number of carbonyl (C=O) groups is 1. The fraction of sp³-hybridized carbons (Fsp3) is 0.900. The molecule has 1 amide bonds. The second-order valence-corrected chi connectivity index (χ2v) is 4.28. The van der Waals surface area contributed by atoms with Crippen LogP contribution in [0.15, 0.2) is 0 Å². The molecule has 0 radical (unpaired) electrons. The van der Waals surface area contributed by atoms with Crippen molar-refractivity contribution in [2.45, 2.75) is 45.1 Å². The minimum atomic E-state index is 0.274. The Balaban J connectivity index is 2.27. The second-order valence-electron chi connectivity index (χ2n) is 4.28. The molecule has 2 rings (SSSR count). The fourth-order valence-corrected chi connectivity index (χ4v) is 2.93. The van der Waals surface area contributed by atoms with Crippen LogP contribution in [0.3, 0.4) is 0 Å². The summed E-state index contributed by atoms with van der Waals surface area (Å²) in [6, 6.07) is 0. The van der Waals surface area contributed by atoms with Gasteiger partial charge in [0.15, 0.2) is 0 Å². The van der Waals surface area contributed by atoms with E-state index in [1.165, 1.54) is 12.8 Å². The summed E-state index contributed by atoms with van der Waals surface area (Å²) in [4.78, 5) is 13.8. The molecule has 0 bridgehead atoms. The maximum atomic E-state index is 11.7. The lowest BCUT2D eigenvalue weighted by Gasteiger charge is -2.30. The van der Waals surface area contributed by atoms with Crippen molar-refractivity contribution in [2.75, 3.05) is 6.54 Å². The average molecular weight is 167 g/mol. The number of rotatable bonds is 1. The molecule has 2 saturated heterocycles. The molecule has 0 saturated carbocycles. The van der Waals surface area contributed by atoms with E-state index >= 15 is 0 Å². The molecule has 0 N–H and O–H groups in total. The largest absolute Gasteiger partial charge is 0.337 e. The van der Waals surface area contributed by atoms with Crippen molar-refractivity contribution in [3.05, 3.63) is 0 Å². The van der Waals surface area contributed by atoms with E-state index in [2.05, 4.69) is 18.7 Å². The van der Waals surface area contributed by atoms with E-state index in [4.69, 9.17) is 0 Å². The molecule has 0 aromatic rings. The SMILES string of the molecule is CCC12CCCN1C(=O)C(C)C2. The van der Waals surface area contributed by atoms with E-state index in [9.17, 15) is 4.79 Å². The summed E-state index contributed by atoms with van der Waals surface area (Å²) in [6.45, 7) is 5.29. The molecule has 0 aromatic heterocycles. The van der Waals surface area contributed by atoms with Gasteiger partial charge in [-0.15, -0.1) is 0 Å². The summed E-state index contributed by atoms with van der Waals surface area (Å²) in [5, 5.41) is 0. The van der Waals surface area contributed by atoms with Gasteiger partial charge in [-0.1, -0.05) is 13.8 Å². The van der Waals surface area contributed by atoms with Crippen LogP contribution in [-0.4, -0.2) is 22.9 Å². The molecule has 2 heteroatoms. The van der Waals surface area contributed by atoms with Crippen molar-refractivity contribution >= 4 is 5.91 Å². The van der Waals surface area contributed by atoms with Gasteiger partial charge in [0.25, 0.3) is 0 Å². The lowest BCUT2D eigenvalue weighted by molar-refractivity contribution is -0.132. The van der Waals surface area contributed by atoms with E-state index in [0.29, 0.717) is 5.91 Å². The molecule has 68 valence electrons. The molecule has 2 fully saturated rings. The molecular weight excluding hydrogens is 150 g/mol. The number of hydrogen-bond donors (Lipinski definition) is 0. The average Bonchev–Trinajstić information content (AvgIpc) is 2.55. The normalized spacial score (nSPS) is 40.7. The van der Waals surface area contributed by atoms with Gasteiger partial charge in [0.1, 0.15) is 0 Å². The quantitative estimate of drug-likeness (QED) is 0.583. The number of hydrogen-bond acceptors (Lipinski definition) is 1. The first-order valence-electron chi connectivity index (χ1n) is 5.01. The molecule has 2 atom stereocenters. The maximum Gasteiger partial charge on any atom is 0.225 e. The van der Waals surface area contributed by atoms with Crippen molar-refractivity contribution in [2.24, 2.45) is 5.92 Å². The van der Waals surface area contributed by atoms with E-state index < -0.39 is 0 Å². The first kappa shape index (κ1) is 8.09. The molecular formula is C10H17NO.